The molecule has 1 unspecified atom stereocenters. The first kappa shape index (κ1) is 15.3. The van der Waals surface area contributed by atoms with Gasteiger partial charge in [-0.05, 0) is 61.9 Å². The molecule has 0 aliphatic heterocycles. The van der Waals surface area contributed by atoms with Gasteiger partial charge in [-0.25, -0.2) is 4.79 Å². The van der Waals surface area contributed by atoms with Crippen LogP contribution in [-0.2, 0) is 4.79 Å². The molecule has 1 aromatic rings. The maximum Gasteiger partial charge on any atom is 0.328 e. The van der Waals surface area contributed by atoms with Crippen LogP contribution in [0.4, 0.5) is 0 Å². The van der Waals surface area contributed by atoms with Crippen molar-refractivity contribution >= 4 is 18.0 Å². The van der Waals surface area contributed by atoms with Crippen LogP contribution in [0, 0.1) is 12.8 Å². The lowest BCUT2D eigenvalue weighted by Gasteiger charge is -2.31. The van der Waals surface area contributed by atoms with E-state index in [0.29, 0.717) is 11.5 Å². The smallest absolute Gasteiger partial charge is 0.328 e. The summed E-state index contributed by atoms with van der Waals surface area (Å²) in [5.74, 6) is -0.440. The second kappa shape index (κ2) is 6.57. The number of hydrogen-bond donors (Lipinski definition) is 2. The summed E-state index contributed by atoms with van der Waals surface area (Å²) in [5, 5.41) is 11.7. The molecule has 4 nitrogen and oxygen atoms in total. The van der Waals surface area contributed by atoms with E-state index in [1.807, 2.05) is 6.92 Å². The fourth-order valence-electron chi connectivity index (χ4n) is 2.51. The molecular formula is C17H21NO3. The van der Waals surface area contributed by atoms with Crippen LogP contribution in [0.25, 0.3) is 6.08 Å². The number of carbonyl (C=O) groups is 2. The number of hydrogen-bond acceptors (Lipinski definition) is 2. The molecule has 0 saturated heterocycles. The Bertz CT molecular complexity index is 573. The van der Waals surface area contributed by atoms with Crippen molar-refractivity contribution in [1.29, 1.82) is 0 Å². The summed E-state index contributed by atoms with van der Waals surface area (Å²) in [4.78, 5) is 22.7. The van der Waals surface area contributed by atoms with Gasteiger partial charge in [-0.1, -0.05) is 12.5 Å². The van der Waals surface area contributed by atoms with Crippen LogP contribution in [0.2, 0.25) is 0 Å². The molecule has 1 atom stereocenters. The normalized spacial score (nSPS) is 16.5. The Morgan fingerprint density at radius 1 is 1.38 bits per heavy atom. The maximum atomic E-state index is 12.2. The Labute approximate surface area is 124 Å². The van der Waals surface area contributed by atoms with Gasteiger partial charge in [0.15, 0.2) is 0 Å². The standard InChI is InChI=1S/C17H21NO3/c1-11-10-15(7-6-13(11)8-9-16(19)20)17(21)18-12(2)14-4-3-5-14/h6-10,12,14H,3-5H2,1-2H3,(H,18,21)(H,19,20)/b9-8+. The van der Waals surface area contributed by atoms with Gasteiger partial charge in [0.2, 0.25) is 0 Å². The lowest BCUT2D eigenvalue weighted by molar-refractivity contribution is -0.131. The van der Waals surface area contributed by atoms with Gasteiger partial charge in [-0.15, -0.1) is 0 Å². The first-order chi connectivity index (χ1) is 9.97. The van der Waals surface area contributed by atoms with E-state index in [0.717, 1.165) is 17.2 Å². The van der Waals surface area contributed by atoms with Gasteiger partial charge in [0.1, 0.15) is 0 Å². The van der Waals surface area contributed by atoms with Crippen LogP contribution in [0.15, 0.2) is 24.3 Å². The van der Waals surface area contributed by atoms with Crippen molar-refractivity contribution in [2.45, 2.75) is 39.2 Å². The van der Waals surface area contributed by atoms with Crippen LogP contribution in [0.3, 0.4) is 0 Å². The van der Waals surface area contributed by atoms with Gasteiger partial charge < -0.3 is 10.4 Å². The Morgan fingerprint density at radius 2 is 2.10 bits per heavy atom. The molecule has 0 bridgehead atoms. The van der Waals surface area contributed by atoms with Gasteiger partial charge in [-0.2, -0.15) is 0 Å². The van der Waals surface area contributed by atoms with Gasteiger partial charge in [0, 0.05) is 17.7 Å². The molecule has 0 heterocycles. The minimum absolute atomic E-state index is 0.0636. The van der Waals surface area contributed by atoms with E-state index in [4.69, 9.17) is 5.11 Å². The number of carboxylic acid groups (broad SMARTS) is 1. The molecule has 1 aromatic carbocycles. The lowest BCUT2D eigenvalue weighted by Crippen LogP contribution is -2.40. The van der Waals surface area contributed by atoms with Crippen molar-refractivity contribution < 1.29 is 14.7 Å². The SMILES string of the molecule is Cc1cc(C(=O)NC(C)C2CCC2)ccc1/C=C/C(=O)O. The van der Waals surface area contributed by atoms with Gasteiger partial charge in [-0.3, -0.25) is 4.79 Å². The Balaban J connectivity index is 2.04. The summed E-state index contributed by atoms with van der Waals surface area (Å²) in [6.45, 7) is 3.92. The zero-order chi connectivity index (χ0) is 15.4. The summed E-state index contributed by atoms with van der Waals surface area (Å²) < 4.78 is 0. The quantitative estimate of drug-likeness (QED) is 0.818. The molecule has 1 saturated carbocycles. The second-order valence-corrected chi connectivity index (χ2v) is 5.70. The Morgan fingerprint density at radius 3 is 2.62 bits per heavy atom. The summed E-state index contributed by atoms with van der Waals surface area (Å²) >= 11 is 0. The third-order valence-electron chi connectivity index (χ3n) is 4.15. The monoisotopic (exact) mass is 287 g/mol. The Hall–Kier alpha value is -2.10. The molecule has 1 aliphatic carbocycles. The molecule has 1 fully saturated rings. The average molecular weight is 287 g/mol. The van der Waals surface area contributed by atoms with Crippen molar-refractivity contribution in [2.24, 2.45) is 5.92 Å². The number of carbonyl (C=O) groups excluding carboxylic acids is 1. The van der Waals surface area contributed by atoms with Crippen LogP contribution < -0.4 is 5.32 Å². The summed E-state index contributed by atoms with van der Waals surface area (Å²) in [6.07, 6.45) is 6.28. The zero-order valence-electron chi connectivity index (χ0n) is 12.4. The number of aryl methyl sites for hydroxylation is 1. The lowest BCUT2D eigenvalue weighted by atomic mass is 9.80. The predicted octanol–water partition coefficient (Wildman–Crippen LogP) is 3.01. The van der Waals surface area contributed by atoms with Gasteiger partial charge in [0.05, 0.1) is 0 Å². The van der Waals surface area contributed by atoms with E-state index in [2.05, 4.69) is 12.2 Å². The van der Waals surface area contributed by atoms with Crippen LogP contribution in [-0.4, -0.2) is 23.0 Å². The summed E-state index contributed by atoms with van der Waals surface area (Å²) in [5.41, 5.74) is 2.31. The molecule has 2 N–H and O–H groups in total. The third kappa shape index (κ3) is 3.94. The van der Waals surface area contributed by atoms with E-state index in [9.17, 15) is 9.59 Å². The van der Waals surface area contributed by atoms with Gasteiger partial charge >= 0.3 is 5.97 Å². The fraction of sp³-hybridized carbons (Fsp3) is 0.412. The Kier molecular flexibility index (Phi) is 4.78. The fourth-order valence-corrected chi connectivity index (χ4v) is 2.51. The van der Waals surface area contributed by atoms with Crippen molar-refractivity contribution in [3.63, 3.8) is 0 Å². The molecule has 112 valence electrons. The van der Waals surface area contributed by atoms with E-state index in [1.54, 1.807) is 18.2 Å². The molecule has 0 aromatic heterocycles. The number of rotatable bonds is 5. The average Bonchev–Trinajstić information content (AvgIpc) is 2.34. The highest BCUT2D eigenvalue weighted by molar-refractivity contribution is 5.95. The highest BCUT2D eigenvalue weighted by Gasteiger charge is 2.25. The molecule has 0 radical (unpaired) electrons. The van der Waals surface area contributed by atoms with E-state index in [-0.39, 0.29) is 11.9 Å². The number of amides is 1. The topological polar surface area (TPSA) is 66.4 Å². The molecule has 2 rings (SSSR count). The van der Waals surface area contributed by atoms with Gasteiger partial charge in [0.25, 0.3) is 5.91 Å². The highest BCUT2D eigenvalue weighted by atomic mass is 16.4. The largest absolute Gasteiger partial charge is 0.478 e. The predicted molar refractivity (Wildman–Crippen MR) is 82.1 cm³/mol. The van der Waals surface area contributed by atoms with E-state index >= 15 is 0 Å². The highest BCUT2D eigenvalue weighted by Crippen LogP contribution is 2.29. The molecule has 0 spiro atoms. The van der Waals surface area contributed by atoms with Crippen LogP contribution >= 0.6 is 0 Å². The number of benzene rings is 1. The molecule has 1 amide bonds. The third-order valence-corrected chi connectivity index (χ3v) is 4.15. The number of nitrogens with one attached hydrogen (secondary N) is 1. The second-order valence-electron chi connectivity index (χ2n) is 5.70. The molecular weight excluding hydrogens is 266 g/mol. The summed E-state index contributed by atoms with van der Waals surface area (Å²) in [7, 11) is 0. The molecule has 1 aliphatic rings. The number of aliphatic carboxylic acids is 1. The van der Waals surface area contributed by atoms with Crippen LogP contribution in [0.5, 0.6) is 0 Å². The zero-order valence-corrected chi connectivity index (χ0v) is 12.4. The first-order valence-corrected chi connectivity index (χ1v) is 7.30. The van der Waals surface area contributed by atoms with Crippen LogP contribution in [0.1, 0.15) is 47.7 Å². The maximum absolute atomic E-state index is 12.2. The van der Waals surface area contributed by atoms with Crippen molar-refractivity contribution in [1.82, 2.24) is 5.32 Å². The first-order valence-electron chi connectivity index (χ1n) is 7.30. The molecule has 4 heteroatoms. The van der Waals surface area contributed by atoms with E-state index < -0.39 is 5.97 Å². The van der Waals surface area contributed by atoms with Crippen molar-refractivity contribution in [2.75, 3.05) is 0 Å². The minimum Gasteiger partial charge on any atom is -0.478 e. The number of carboxylic acids is 1. The summed E-state index contributed by atoms with van der Waals surface area (Å²) in [6, 6.07) is 5.51. The van der Waals surface area contributed by atoms with Crippen molar-refractivity contribution in [3.05, 3.63) is 41.0 Å². The minimum atomic E-state index is -0.981. The molecule has 21 heavy (non-hydrogen) atoms. The van der Waals surface area contributed by atoms with E-state index in [1.165, 1.54) is 25.3 Å². The van der Waals surface area contributed by atoms with Crippen molar-refractivity contribution in [3.8, 4) is 0 Å².